The summed E-state index contributed by atoms with van der Waals surface area (Å²) in [6.45, 7) is 3.75. The van der Waals surface area contributed by atoms with Crippen LogP contribution in [-0.2, 0) is 0 Å². The summed E-state index contributed by atoms with van der Waals surface area (Å²) in [5, 5.41) is 10.1. The molecule has 1 aromatic heterocycles. The topological polar surface area (TPSA) is 78.1 Å². The Labute approximate surface area is 150 Å². The molecule has 0 amide bonds. The summed E-state index contributed by atoms with van der Waals surface area (Å²) in [7, 11) is 4.51. The average molecular weight is 356 g/mol. The molecule has 6 heteroatoms. The zero-order valence-corrected chi connectivity index (χ0v) is 15.3. The van der Waals surface area contributed by atoms with Crippen LogP contribution in [0.15, 0.2) is 33.5 Å². The van der Waals surface area contributed by atoms with E-state index < -0.39 is 0 Å². The Hall–Kier alpha value is -3.15. The molecule has 3 rings (SSSR count). The van der Waals surface area contributed by atoms with Gasteiger partial charge in [-0.2, -0.15) is 0 Å². The molecular weight excluding hydrogens is 336 g/mol. The maximum absolute atomic E-state index is 12.8. The Morgan fingerprint density at radius 1 is 0.923 bits per heavy atom. The Balaban J connectivity index is 2.38. The van der Waals surface area contributed by atoms with Crippen LogP contribution in [0.3, 0.4) is 0 Å². The number of rotatable bonds is 4. The molecule has 0 aliphatic rings. The molecule has 0 radical (unpaired) electrons. The molecule has 0 spiro atoms. The van der Waals surface area contributed by atoms with Gasteiger partial charge in [-0.05, 0) is 37.6 Å². The lowest BCUT2D eigenvalue weighted by atomic mass is 10.0. The van der Waals surface area contributed by atoms with Gasteiger partial charge in [0, 0.05) is 17.2 Å². The van der Waals surface area contributed by atoms with Crippen molar-refractivity contribution in [1.29, 1.82) is 0 Å². The van der Waals surface area contributed by atoms with Crippen molar-refractivity contribution < 1.29 is 23.7 Å². The minimum atomic E-state index is -0.244. The smallest absolute Gasteiger partial charge is 0.197 e. The third-order valence-corrected chi connectivity index (χ3v) is 4.50. The van der Waals surface area contributed by atoms with E-state index in [0.29, 0.717) is 33.8 Å². The summed E-state index contributed by atoms with van der Waals surface area (Å²) in [5.41, 5.74) is 2.33. The number of hydrogen-bond donors (Lipinski definition) is 1. The lowest BCUT2D eigenvalue weighted by molar-refractivity contribution is 0.373. The van der Waals surface area contributed by atoms with Crippen LogP contribution in [0.1, 0.15) is 11.1 Å². The number of phenols is 1. The molecule has 136 valence electrons. The van der Waals surface area contributed by atoms with Crippen LogP contribution in [0, 0.1) is 13.8 Å². The molecule has 0 aliphatic carbocycles. The molecule has 0 aliphatic heterocycles. The molecule has 1 N–H and O–H groups in total. The highest BCUT2D eigenvalue weighted by atomic mass is 16.5. The zero-order valence-electron chi connectivity index (χ0n) is 15.3. The van der Waals surface area contributed by atoms with Gasteiger partial charge in [0.05, 0.1) is 21.3 Å². The Morgan fingerprint density at radius 3 is 2.19 bits per heavy atom. The molecule has 0 fully saturated rings. The van der Waals surface area contributed by atoms with Crippen molar-refractivity contribution in [2.24, 2.45) is 0 Å². The van der Waals surface area contributed by atoms with Crippen molar-refractivity contribution in [3.05, 3.63) is 45.6 Å². The van der Waals surface area contributed by atoms with E-state index in [9.17, 15) is 9.90 Å². The van der Waals surface area contributed by atoms with E-state index in [1.807, 2.05) is 13.8 Å². The van der Waals surface area contributed by atoms with Crippen LogP contribution in [0.5, 0.6) is 23.0 Å². The summed E-state index contributed by atoms with van der Waals surface area (Å²) in [6, 6.07) is 6.12. The van der Waals surface area contributed by atoms with E-state index in [1.54, 1.807) is 12.1 Å². The van der Waals surface area contributed by atoms with E-state index in [2.05, 4.69) is 0 Å². The number of ether oxygens (including phenoxy) is 3. The largest absolute Gasteiger partial charge is 0.504 e. The van der Waals surface area contributed by atoms with Crippen molar-refractivity contribution in [1.82, 2.24) is 0 Å². The summed E-state index contributed by atoms with van der Waals surface area (Å²) in [5.74, 6) is 1.59. The summed E-state index contributed by atoms with van der Waals surface area (Å²) in [6.07, 6.45) is 0. The minimum Gasteiger partial charge on any atom is -0.504 e. The highest BCUT2D eigenvalue weighted by molar-refractivity contribution is 5.92. The van der Waals surface area contributed by atoms with Gasteiger partial charge in [0.2, 0.25) is 0 Å². The number of phenolic OH excluding ortho intramolecular Hbond substituents is 1. The molecule has 0 saturated carbocycles. The van der Waals surface area contributed by atoms with Gasteiger partial charge in [-0.25, -0.2) is 0 Å². The Morgan fingerprint density at radius 2 is 1.58 bits per heavy atom. The van der Waals surface area contributed by atoms with E-state index in [0.717, 1.165) is 11.1 Å². The number of aromatic hydroxyl groups is 1. The van der Waals surface area contributed by atoms with E-state index in [1.165, 1.54) is 33.5 Å². The molecule has 26 heavy (non-hydrogen) atoms. The fourth-order valence-electron chi connectivity index (χ4n) is 3.04. The Kier molecular flexibility index (Phi) is 4.50. The van der Waals surface area contributed by atoms with Crippen LogP contribution in [0.2, 0.25) is 0 Å². The van der Waals surface area contributed by atoms with E-state index in [4.69, 9.17) is 18.6 Å². The van der Waals surface area contributed by atoms with Gasteiger partial charge in [-0.3, -0.25) is 4.79 Å². The summed E-state index contributed by atoms with van der Waals surface area (Å²) >= 11 is 0. The first-order valence-electron chi connectivity index (χ1n) is 7.99. The second-order valence-corrected chi connectivity index (χ2v) is 5.88. The van der Waals surface area contributed by atoms with Crippen LogP contribution >= 0.6 is 0 Å². The van der Waals surface area contributed by atoms with Gasteiger partial charge < -0.3 is 23.7 Å². The molecule has 0 bridgehead atoms. The van der Waals surface area contributed by atoms with Crippen molar-refractivity contribution >= 4 is 11.0 Å². The second-order valence-electron chi connectivity index (χ2n) is 5.88. The number of fused-ring (bicyclic) bond motifs is 1. The van der Waals surface area contributed by atoms with Crippen LogP contribution < -0.4 is 19.6 Å². The summed E-state index contributed by atoms with van der Waals surface area (Å²) < 4.78 is 22.1. The number of methoxy groups -OCH3 is 3. The van der Waals surface area contributed by atoms with Gasteiger partial charge in [-0.1, -0.05) is 0 Å². The van der Waals surface area contributed by atoms with Gasteiger partial charge in [0.25, 0.3) is 0 Å². The third kappa shape index (κ3) is 2.63. The van der Waals surface area contributed by atoms with E-state index in [-0.39, 0.29) is 16.9 Å². The molecule has 0 unspecified atom stereocenters. The molecule has 0 atom stereocenters. The second kappa shape index (κ2) is 6.63. The maximum Gasteiger partial charge on any atom is 0.197 e. The quantitative estimate of drug-likeness (QED) is 0.766. The first-order chi connectivity index (χ1) is 12.4. The van der Waals surface area contributed by atoms with E-state index >= 15 is 0 Å². The summed E-state index contributed by atoms with van der Waals surface area (Å²) in [4.78, 5) is 12.8. The highest BCUT2D eigenvalue weighted by Gasteiger charge is 2.21. The van der Waals surface area contributed by atoms with Crippen LogP contribution in [0.4, 0.5) is 0 Å². The van der Waals surface area contributed by atoms with Crippen LogP contribution in [0.25, 0.3) is 22.3 Å². The minimum absolute atomic E-state index is 0.00473. The number of benzene rings is 2. The Bertz CT molecular complexity index is 1050. The normalized spacial score (nSPS) is 10.8. The van der Waals surface area contributed by atoms with Gasteiger partial charge in [0.1, 0.15) is 16.9 Å². The molecule has 3 aromatic rings. The average Bonchev–Trinajstić information content (AvgIpc) is 2.63. The monoisotopic (exact) mass is 356 g/mol. The fraction of sp³-hybridized carbons (Fsp3) is 0.250. The predicted molar refractivity (Wildman–Crippen MR) is 98.7 cm³/mol. The van der Waals surface area contributed by atoms with Gasteiger partial charge in [-0.15, -0.1) is 0 Å². The first-order valence-corrected chi connectivity index (χ1v) is 7.99. The lowest BCUT2D eigenvalue weighted by Crippen LogP contribution is -2.06. The first kappa shape index (κ1) is 17.7. The van der Waals surface area contributed by atoms with Crippen LogP contribution in [-0.4, -0.2) is 26.4 Å². The van der Waals surface area contributed by atoms with Crippen molar-refractivity contribution in [2.45, 2.75) is 13.8 Å². The number of hydrogen-bond acceptors (Lipinski definition) is 6. The molecular formula is C20H20O6. The standard InChI is InChI=1S/C20H20O6/c1-10-11(2)19(25-5)20-17(18(10)24-4)14(22)9-15(26-20)12-6-7-13(21)16(8-12)23-3/h6-9,21H,1-5H3. The zero-order chi connectivity index (χ0) is 19.0. The highest BCUT2D eigenvalue weighted by Crippen LogP contribution is 2.40. The molecule has 1 heterocycles. The molecule has 6 nitrogen and oxygen atoms in total. The van der Waals surface area contributed by atoms with Crippen molar-refractivity contribution in [3.63, 3.8) is 0 Å². The van der Waals surface area contributed by atoms with Crippen molar-refractivity contribution in [3.8, 4) is 34.3 Å². The fourth-order valence-corrected chi connectivity index (χ4v) is 3.04. The SMILES string of the molecule is COc1cc(-c2cc(=O)c3c(OC)c(C)c(C)c(OC)c3o2)ccc1O. The maximum atomic E-state index is 12.8. The predicted octanol–water partition coefficient (Wildman–Crippen LogP) is 3.81. The molecule has 0 saturated heterocycles. The third-order valence-electron chi connectivity index (χ3n) is 4.50. The van der Waals surface area contributed by atoms with Crippen molar-refractivity contribution in [2.75, 3.05) is 21.3 Å². The van der Waals surface area contributed by atoms with Gasteiger partial charge in [0.15, 0.2) is 28.3 Å². The lowest BCUT2D eigenvalue weighted by Gasteiger charge is -2.16. The van der Waals surface area contributed by atoms with Gasteiger partial charge >= 0.3 is 0 Å². The molecule has 2 aromatic carbocycles.